The van der Waals surface area contributed by atoms with Gasteiger partial charge in [-0.2, -0.15) is 4.98 Å². The summed E-state index contributed by atoms with van der Waals surface area (Å²) in [4.78, 5) is 22.1. The number of halogens is 2. The Kier molecular flexibility index (Phi) is 5.14. The molecular weight excluding hydrogens is 498 g/mol. The van der Waals surface area contributed by atoms with E-state index in [0.29, 0.717) is 31.2 Å². The Morgan fingerprint density at radius 3 is 2.67 bits per heavy atom. The molecule has 1 aliphatic heterocycles. The Hall–Kier alpha value is -3.74. The van der Waals surface area contributed by atoms with Gasteiger partial charge in [-0.3, -0.25) is 9.62 Å². The first kappa shape index (κ1) is 22.7. The number of anilines is 1. The summed E-state index contributed by atoms with van der Waals surface area (Å²) in [6, 6.07) is 3.87. The molecule has 1 spiro atoms. The maximum absolute atomic E-state index is 15.3. The van der Waals surface area contributed by atoms with Gasteiger partial charge in [0.05, 0.1) is 23.5 Å². The molecule has 36 heavy (non-hydrogen) atoms. The number of oxazole rings is 1. The van der Waals surface area contributed by atoms with E-state index in [4.69, 9.17) is 13.9 Å². The van der Waals surface area contributed by atoms with Crippen LogP contribution in [0.25, 0.3) is 0 Å². The number of amides is 1. The number of carbonyl (C=O) groups excluding carboxylic acids is 1. The summed E-state index contributed by atoms with van der Waals surface area (Å²) in [6.07, 6.45) is 5.80. The number of carbonyl (C=O) groups is 1. The Morgan fingerprint density at radius 2 is 2.00 bits per heavy atom. The highest BCUT2D eigenvalue weighted by atomic mass is 32.2. The SMILES string of the molecule is O=C1Oc2cc(Oc3ncco3)c(F)cc2C2(CCC2)N1Cc1ccnc(NS(=O)(=O)C2CC2)c1F. The van der Waals surface area contributed by atoms with Crippen LogP contribution < -0.4 is 14.2 Å². The zero-order chi connectivity index (χ0) is 25.1. The largest absolute Gasteiger partial charge is 0.417 e. The summed E-state index contributed by atoms with van der Waals surface area (Å²) < 4.78 is 72.8. The van der Waals surface area contributed by atoms with Crippen molar-refractivity contribution in [1.29, 1.82) is 0 Å². The third-order valence-electron chi connectivity index (χ3n) is 6.76. The molecule has 13 heteroatoms. The lowest BCUT2D eigenvalue weighted by Crippen LogP contribution is -2.57. The van der Waals surface area contributed by atoms with Gasteiger partial charge in [-0.25, -0.2) is 27.0 Å². The van der Waals surface area contributed by atoms with Crippen LogP contribution in [0.1, 0.15) is 43.2 Å². The van der Waals surface area contributed by atoms with Crippen molar-refractivity contribution < 1.29 is 35.9 Å². The first-order valence-electron chi connectivity index (χ1n) is 11.3. The van der Waals surface area contributed by atoms with Crippen LogP contribution in [0.5, 0.6) is 17.6 Å². The van der Waals surface area contributed by atoms with Crippen LogP contribution in [0.4, 0.5) is 19.4 Å². The monoisotopic (exact) mass is 518 g/mol. The summed E-state index contributed by atoms with van der Waals surface area (Å²) in [7, 11) is -3.73. The van der Waals surface area contributed by atoms with E-state index >= 15 is 4.39 Å². The maximum Gasteiger partial charge on any atom is 0.416 e. The molecule has 3 aliphatic rings. The molecule has 1 aromatic carbocycles. The first-order chi connectivity index (χ1) is 17.3. The quantitative estimate of drug-likeness (QED) is 0.487. The predicted octanol–water partition coefficient (Wildman–Crippen LogP) is 4.44. The number of pyridine rings is 1. The van der Waals surface area contributed by atoms with Crippen LogP contribution in [0.15, 0.2) is 41.3 Å². The molecule has 2 aromatic heterocycles. The van der Waals surface area contributed by atoms with Crippen molar-refractivity contribution in [3.8, 4) is 17.6 Å². The van der Waals surface area contributed by atoms with Crippen LogP contribution in [0.3, 0.4) is 0 Å². The van der Waals surface area contributed by atoms with E-state index in [1.165, 1.54) is 41.8 Å². The van der Waals surface area contributed by atoms with Crippen molar-refractivity contribution in [2.45, 2.75) is 49.4 Å². The number of ether oxygens (including phenoxy) is 2. The standard InChI is InChI=1S/C23H20F2N4O6S/c24-16-10-15-17(11-18(16)34-21-27-8-9-33-21)35-22(30)29(23(15)5-1-6-23)12-13-4-7-26-20(19(13)25)28-36(31,32)14-2-3-14/h4,7-11,14H,1-3,5-6,12H2,(H,26,28). The molecule has 2 saturated carbocycles. The topological polar surface area (TPSA) is 124 Å². The number of rotatable bonds is 7. The molecule has 10 nitrogen and oxygen atoms in total. The number of nitrogens with zero attached hydrogens (tertiary/aromatic N) is 3. The van der Waals surface area contributed by atoms with Gasteiger partial charge in [0.2, 0.25) is 10.0 Å². The maximum atomic E-state index is 15.3. The molecule has 1 amide bonds. The molecule has 2 aliphatic carbocycles. The number of sulfonamides is 1. The summed E-state index contributed by atoms with van der Waals surface area (Å²) >= 11 is 0. The van der Waals surface area contributed by atoms with Crippen molar-refractivity contribution in [1.82, 2.24) is 14.9 Å². The molecule has 1 N–H and O–H groups in total. The van der Waals surface area contributed by atoms with Gasteiger partial charge in [-0.05, 0) is 44.2 Å². The molecule has 0 unspecified atom stereocenters. The molecule has 0 atom stereocenters. The van der Waals surface area contributed by atoms with E-state index in [-0.39, 0.29) is 29.7 Å². The second-order valence-electron chi connectivity index (χ2n) is 9.00. The Morgan fingerprint density at radius 1 is 1.19 bits per heavy atom. The van der Waals surface area contributed by atoms with Gasteiger partial charge in [0.25, 0.3) is 0 Å². The molecule has 3 heterocycles. The second kappa shape index (κ2) is 8.15. The van der Waals surface area contributed by atoms with Crippen molar-refractivity contribution in [2.24, 2.45) is 0 Å². The number of aromatic nitrogens is 2. The number of hydrogen-bond donors (Lipinski definition) is 1. The minimum Gasteiger partial charge on any atom is -0.417 e. The fourth-order valence-electron chi connectivity index (χ4n) is 4.60. The van der Waals surface area contributed by atoms with E-state index in [9.17, 15) is 17.6 Å². The Balaban J connectivity index is 1.32. The number of hydrogen-bond acceptors (Lipinski definition) is 8. The highest BCUT2D eigenvalue weighted by Crippen LogP contribution is 2.54. The summed E-state index contributed by atoms with van der Waals surface area (Å²) in [5.74, 6) is -2.10. The lowest BCUT2D eigenvalue weighted by Gasteiger charge is -2.52. The summed E-state index contributed by atoms with van der Waals surface area (Å²) in [5.41, 5.74) is -0.416. The van der Waals surface area contributed by atoms with Crippen molar-refractivity contribution in [3.63, 3.8) is 0 Å². The van der Waals surface area contributed by atoms with Gasteiger partial charge in [0.1, 0.15) is 12.0 Å². The van der Waals surface area contributed by atoms with Gasteiger partial charge < -0.3 is 13.9 Å². The zero-order valence-electron chi connectivity index (χ0n) is 18.7. The molecule has 188 valence electrons. The normalized spacial score (nSPS) is 18.4. The Bertz CT molecular complexity index is 1460. The highest BCUT2D eigenvalue weighted by molar-refractivity contribution is 7.93. The first-order valence-corrected chi connectivity index (χ1v) is 12.9. The van der Waals surface area contributed by atoms with Crippen LogP contribution in [-0.2, 0) is 22.1 Å². The van der Waals surface area contributed by atoms with Gasteiger partial charge in [-0.1, -0.05) is 0 Å². The lowest BCUT2D eigenvalue weighted by atomic mass is 9.69. The minimum atomic E-state index is -3.73. The summed E-state index contributed by atoms with van der Waals surface area (Å²) in [6.45, 7) is -0.221. The Labute approximate surface area is 204 Å². The molecule has 0 bridgehead atoms. The molecule has 2 fully saturated rings. The summed E-state index contributed by atoms with van der Waals surface area (Å²) in [5, 5.41) is -0.554. The second-order valence-corrected chi connectivity index (χ2v) is 11.0. The van der Waals surface area contributed by atoms with Gasteiger partial charge in [0.15, 0.2) is 23.2 Å². The smallest absolute Gasteiger partial charge is 0.416 e. The molecular formula is C23H20F2N4O6S. The third kappa shape index (κ3) is 3.74. The fraction of sp³-hybridized carbons (Fsp3) is 0.348. The molecule has 3 aromatic rings. The van der Waals surface area contributed by atoms with E-state index < -0.39 is 44.4 Å². The third-order valence-corrected chi connectivity index (χ3v) is 8.58. The number of nitrogens with one attached hydrogen (secondary N) is 1. The van der Waals surface area contributed by atoms with E-state index in [2.05, 4.69) is 14.7 Å². The van der Waals surface area contributed by atoms with Crippen LogP contribution >= 0.6 is 0 Å². The molecule has 0 radical (unpaired) electrons. The lowest BCUT2D eigenvalue weighted by molar-refractivity contribution is 0.000781. The zero-order valence-corrected chi connectivity index (χ0v) is 19.6. The van der Waals surface area contributed by atoms with Crippen molar-refractivity contribution in [3.05, 3.63) is 59.6 Å². The molecule has 0 saturated heterocycles. The van der Waals surface area contributed by atoms with E-state index in [1.807, 2.05) is 0 Å². The van der Waals surface area contributed by atoms with Gasteiger partial charge >= 0.3 is 12.2 Å². The highest BCUT2D eigenvalue weighted by Gasteiger charge is 2.52. The fourth-order valence-corrected chi connectivity index (χ4v) is 5.93. The average Bonchev–Trinajstić information content (AvgIpc) is 3.55. The van der Waals surface area contributed by atoms with Crippen LogP contribution in [0, 0.1) is 11.6 Å². The number of benzene rings is 1. The van der Waals surface area contributed by atoms with E-state index in [1.54, 1.807) is 0 Å². The number of fused-ring (bicyclic) bond motifs is 2. The van der Waals surface area contributed by atoms with Gasteiger partial charge in [-0.15, -0.1) is 0 Å². The average molecular weight is 518 g/mol. The van der Waals surface area contributed by atoms with Crippen LogP contribution in [-0.4, -0.2) is 34.6 Å². The predicted molar refractivity (Wildman–Crippen MR) is 120 cm³/mol. The van der Waals surface area contributed by atoms with Crippen molar-refractivity contribution >= 4 is 21.9 Å². The minimum absolute atomic E-state index is 0.0505. The van der Waals surface area contributed by atoms with Gasteiger partial charge in [0, 0.05) is 23.4 Å². The van der Waals surface area contributed by atoms with Crippen LogP contribution in [0.2, 0.25) is 0 Å². The van der Waals surface area contributed by atoms with Crippen molar-refractivity contribution in [2.75, 3.05) is 4.72 Å². The molecule has 6 rings (SSSR count). The van der Waals surface area contributed by atoms with E-state index in [0.717, 1.165) is 6.42 Å².